The van der Waals surface area contributed by atoms with Gasteiger partial charge in [-0.1, -0.05) is 0 Å². The zero-order chi connectivity index (χ0) is 14.1. The summed E-state index contributed by atoms with van der Waals surface area (Å²) in [5.74, 6) is 0.956. The smallest absolute Gasteiger partial charge is 0.116 e. The third kappa shape index (κ3) is 2.81. The van der Waals surface area contributed by atoms with E-state index in [2.05, 4.69) is 19.9 Å². The van der Waals surface area contributed by atoms with Crippen molar-refractivity contribution in [3.05, 3.63) is 42.1 Å². The third-order valence-electron chi connectivity index (χ3n) is 4.54. The highest BCUT2D eigenvalue weighted by Crippen LogP contribution is 2.31. The number of aromatic nitrogens is 3. The Morgan fingerprint density at radius 3 is 2.67 bits per heavy atom. The summed E-state index contributed by atoms with van der Waals surface area (Å²) in [4.78, 5) is 15.8. The molecule has 3 heterocycles. The van der Waals surface area contributed by atoms with Crippen molar-refractivity contribution in [2.75, 3.05) is 19.6 Å². The second kappa shape index (κ2) is 5.53. The fourth-order valence-electron chi connectivity index (χ4n) is 3.18. The van der Waals surface area contributed by atoms with Gasteiger partial charge < -0.3 is 4.90 Å². The van der Waals surface area contributed by atoms with Gasteiger partial charge in [0.15, 0.2) is 0 Å². The number of hydrogen-bond donors (Lipinski definition) is 0. The lowest BCUT2D eigenvalue weighted by Crippen LogP contribution is -2.28. The van der Waals surface area contributed by atoms with Crippen molar-refractivity contribution >= 4 is 0 Å². The monoisotopic (exact) mass is 280 g/mol. The number of pyridine rings is 1. The van der Waals surface area contributed by atoms with Crippen LogP contribution in [0.4, 0.5) is 0 Å². The predicted molar refractivity (Wildman–Crippen MR) is 81.8 cm³/mol. The van der Waals surface area contributed by atoms with Gasteiger partial charge in [0.2, 0.25) is 0 Å². The molecular formula is C17H20N4. The van der Waals surface area contributed by atoms with E-state index in [9.17, 15) is 0 Å². The SMILES string of the molecule is c1cc(-c2ncnc3c2CCN(CC2CC2)CC3)ccn1. The minimum atomic E-state index is 0.956. The van der Waals surface area contributed by atoms with Crippen molar-refractivity contribution in [2.45, 2.75) is 25.7 Å². The molecule has 0 amide bonds. The maximum Gasteiger partial charge on any atom is 0.116 e. The quantitative estimate of drug-likeness (QED) is 0.865. The molecule has 21 heavy (non-hydrogen) atoms. The van der Waals surface area contributed by atoms with Gasteiger partial charge in [-0.25, -0.2) is 9.97 Å². The van der Waals surface area contributed by atoms with Crippen molar-refractivity contribution in [1.82, 2.24) is 19.9 Å². The fourth-order valence-corrected chi connectivity index (χ4v) is 3.18. The molecule has 0 aromatic carbocycles. The van der Waals surface area contributed by atoms with Crippen LogP contribution in [0.15, 0.2) is 30.9 Å². The minimum Gasteiger partial charge on any atom is -0.302 e. The van der Waals surface area contributed by atoms with Crippen LogP contribution in [0.1, 0.15) is 24.1 Å². The molecule has 0 radical (unpaired) electrons. The van der Waals surface area contributed by atoms with Crippen molar-refractivity contribution in [1.29, 1.82) is 0 Å². The second-order valence-electron chi connectivity index (χ2n) is 6.13. The molecule has 108 valence electrons. The van der Waals surface area contributed by atoms with Crippen LogP contribution >= 0.6 is 0 Å². The highest BCUT2D eigenvalue weighted by molar-refractivity contribution is 5.63. The van der Waals surface area contributed by atoms with E-state index >= 15 is 0 Å². The maximum absolute atomic E-state index is 4.54. The van der Waals surface area contributed by atoms with E-state index in [4.69, 9.17) is 0 Å². The average molecular weight is 280 g/mol. The lowest BCUT2D eigenvalue weighted by Gasteiger charge is -2.18. The van der Waals surface area contributed by atoms with Crippen LogP contribution in [0.3, 0.4) is 0 Å². The summed E-state index contributed by atoms with van der Waals surface area (Å²) in [6.45, 7) is 3.54. The highest BCUT2D eigenvalue weighted by atomic mass is 15.1. The molecule has 2 aromatic rings. The summed E-state index contributed by atoms with van der Waals surface area (Å²) >= 11 is 0. The molecule has 2 aromatic heterocycles. The van der Waals surface area contributed by atoms with Crippen molar-refractivity contribution in [3.8, 4) is 11.3 Å². The molecule has 0 atom stereocenters. The molecule has 0 N–H and O–H groups in total. The van der Waals surface area contributed by atoms with E-state index in [0.717, 1.165) is 43.1 Å². The van der Waals surface area contributed by atoms with E-state index in [1.54, 1.807) is 6.33 Å². The molecule has 1 fully saturated rings. The molecule has 0 bridgehead atoms. The van der Waals surface area contributed by atoms with Gasteiger partial charge in [0.25, 0.3) is 0 Å². The zero-order valence-corrected chi connectivity index (χ0v) is 12.2. The maximum atomic E-state index is 4.54. The van der Waals surface area contributed by atoms with E-state index in [-0.39, 0.29) is 0 Å². The first-order valence-corrected chi connectivity index (χ1v) is 7.85. The van der Waals surface area contributed by atoms with Crippen LogP contribution in [0, 0.1) is 5.92 Å². The number of hydrogen-bond acceptors (Lipinski definition) is 4. The van der Waals surface area contributed by atoms with Crippen LogP contribution in [0.25, 0.3) is 11.3 Å². The fraction of sp³-hybridized carbons (Fsp3) is 0.471. The number of fused-ring (bicyclic) bond motifs is 1. The molecular weight excluding hydrogens is 260 g/mol. The number of nitrogens with zero attached hydrogens (tertiary/aromatic N) is 4. The van der Waals surface area contributed by atoms with Crippen LogP contribution < -0.4 is 0 Å². The number of rotatable bonds is 3. The van der Waals surface area contributed by atoms with Crippen molar-refractivity contribution in [3.63, 3.8) is 0 Å². The molecule has 1 aliphatic carbocycles. The summed E-state index contributed by atoms with van der Waals surface area (Å²) in [5.41, 5.74) is 4.81. The first-order chi connectivity index (χ1) is 10.4. The van der Waals surface area contributed by atoms with Crippen molar-refractivity contribution in [2.24, 2.45) is 5.92 Å². The summed E-state index contributed by atoms with van der Waals surface area (Å²) in [6.07, 6.45) is 10.3. The minimum absolute atomic E-state index is 0.956. The lowest BCUT2D eigenvalue weighted by molar-refractivity contribution is 0.275. The van der Waals surface area contributed by atoms with Crippen LogP contribution in [-0.2, 0) is 12.8 Å². The predicted octanol–water partition coefficient (Wildman–Crippen LogP) is 2.35. The molecule has 4 rings (SSSR count). The Morgan fingerprint density at radius 2 is 1.86 bits per heavy atom. The van der Waals surface area contributed by atoms with E-state index < -0.39 is 0 Å². The normalized spacial score (nSPS) is 19.0. The Bertz CT molecular complexity index is 622. The van der Waals surface area contributed by atoms with Gasteiger partial charge >= 0.3 is 0 Å². The molecule has 1 saturated carbocycles. The van der Waals surface area contributed by atoms with Crippen LogP contribution in [0.5, 0.6) is 0 Å². The van der Waals surface area contributed by atoms with E-state index in [1.165, 1.54) is 30.6 Å². The summed E-state index contributed by atoms with van der Waals surface area (Å²) in [5, 5.41) is 0. The van der Waals surface area contributed by atoms with Crippen LogP contribution in [0.2, 0.25) is 0 Å². The summed E-state index contributed by atoms with van der Waals surface area (Å²) < 4.78 is 0. The Balaban J connectivity index is 1.62. The standard InChI is InChI=1S/C17H20N4/c1-2-13(1)11-21-9-5-15-16(6-10-21)19-12-20-17(15)14-3-7-18-8-4-14/h3-4,7-8,12-13H,1-2,5-6,9-11H2. The molecule has 0 spiro atoms. The van der Waals surface area contributed by atoms with Gasteiger partial charge in [0, 0.05) is 55.3 Å². The summed E-state index contributed by atoms with van der Waals surface area (Å²) in [6, 6.07) is 4.07. The summed E-state index contributed by atoms with van der Waals surface area (Å²) in [7, 11) is 0. The lowest BCUT2D eigenvalue weighted by atomic mass is 10.0. The average Bonchev–Trinajstić information content (AvgIpc) is 3.36. The Morgan fingerprint density at radius 1 is 1.05 bits per heavy atom. The topological polar surface area (TPSA) is 41.9 Å². The highest BCUT2D eigenvalue weighted by Gasteiger charge is 2.26. The molecule has 0 saturated heterocycles. The molecule has 2 aliphatic rings. The third-order valence-corrected chi connectivity index (χ3v) is 4.54. The van der Waals surface area contributed by atoms with Gasteiger partial charge in [-0.05, 0) is 37.3 Å². The Kier molecular flexibility index (Phi) is 3.39. The van der Waals surface area contributed by atoms with Gasteiger partial charge in [-0.2, -0.15) is 0 Å². The molecule has 4 heteroatoms. The van der Waals surface area contributed by atoms with Crippen LogP contribution in [-0.4, -0.2) is 39.5 Å². The molecule has 4 nitrogen and oxygen atoms in total. The van der Waals surface area contributed by atoms with Gasteiger partial charge in [0.1, 0.15) is 6.33 Å². The Hall–Kier alpha value is -1.81. The first-order valence-electron chi connectivity index (χ1n) is 7.85. The van der Waals surface area contributed by atoms with Crippen molar-refractivity contribution < 1.29 is 0 Å². The van der Waals surface area contributed by atoms with Gasteiger partial charge in [-0.3, -0.25) is 4.98 Å². The molecule has 1 aliphatic heterocycles. The second-order valence-corrected chi connectivity index (χ2v) is 6.13. The van der Waals surface area contributed by atoms with E-state index in [0.29, 0.717) is 0 Å². The molecule has 0 unspecified atom stereocenters. The first kappa shape index (κ1) is 12.9. The van der Waals surface area contributed by atoms with Gasteiger partial charge in [0.05, 0.1) is 5.69 Å². The zero-order valence-electron chi connectivity index (χ0n) is 12.2. The van der Waals surface area contributed by atoms with E-state index in [1.807, 2.05) is 24.5 Å². The largest absolute Gasteiger partial charge is 0.302 e. The van der Waals surface area contributed by atoms with Gasteiger partial charge in [-0.15, -0.1) is 0 Å². The Labute approximate surface area is 125 Å².